The van der Waals surface area contributed by atoms with Gasteiger partial charge in [0.05, 0.1) is 0 Å². The van der Waals surface area contributed by atoms with Crippen molar-refractivity contribution in [3.63, 3.8) is 0 Å². The smallest absolute Gasteiger partial charge is 0.0424 e. The van der Waals surface area contributed by atoms with Crippen molar-refractivity contribution in [2.75, 3.05) is 19.6 Å². The Morgan fingerprint density at radius 1 is 1.11 bits per heavy atom. The topological polar surface area (TPSA) is 29.3 Å². The Bertz CT molecular complexity index is 354. The summed E-state index contributed by atoms with van der Waals surface area (Å²) in [7, 11) is 0. The molecule has 0 aromatic heterocycles. The maximum atomic E-state index is 6.34. The molecule has 1 aromatic carbocycles. The molecule has 0 radical (unpaired) electrons. The first-order chi connectivity index (χ1) is 8.75. The highest BCUT2D eigenvalue weighted by Gasteiger charge is 2.13. The van der Waals surface area contributed by atoms with Gasteiger partial charge in [-0.05, 0) is 38.4 Å². The molecule has 1 heterocycles. The van der Waals surface area contributed by atoms with Crippen LogP contribution in [0.15, 0.2) is 24.3 Å². The summed E-state index contributed by atoms with van der Waals surface area (Å²) in [5.74, 6) is 0. The van der Waals surface area contributed by atoms with Crippen molar-refractivity contribution in [1.82, 2.24) is 4.90 Å². The minimum absolute atomic E-state index is 0.157. The Morgan fingerprint density at radius 3 is 2.44 bits per heavy atom. The van der Waals surface area contributed by atoms with Crippen LogP contribution in [-0.4, -0.2) is 24.5 Å². The Labute approximate surface area is 111 Å². The van der Waals surface area contributed by atoms with Crippen LogP contribution < -0.4 is 5.73 Å². The van der Waals surface area contributed by atoms with E-state index < -0.39 is 0 Å². The van der Waals surface area contributed by atoms with Crippen molar-refractivity contribution >= 4 is 0 Å². The molecule has 2 N–H and O–H groups in total. The van der Waals surface area contributed by atoms with E-state index >= 15 is 0 Å². The maximum absolute atomic E-state index is 6.34. The van der Waals surface area contributed by atoms with E-state index in [1.165, 1.54) is 56.3 Å². The summed E-state index contributed by atoms with van der Waals surface area (Å²) >= 11 is 0. The molecule has 0 aliphatic carbocycles. The van der Waals surface area contributed by atoms with Crippen LogP contribution in [0.1, 0.15) is 49.3 Å². The lowest BCUT2D eigenvalue weighted by Gasteiger charge is -2.27. The Balaban J connectivity index is 1.90. The number of hydrogen-bond donors (Lipinski definition) is 1. The summed E-state index contributed by atoms with van der Waals surface area (Å²) in [5.41, 5.74) is 8.92. The second-order valence-electron chi connectivity index (χ2n) is 5.59. The minimum atomic E-state index is 0.157. The lowest BCUT2D eigenvalue weighted by molar-refractivity contribution is 0.234. The SMILES string of the molecule is Cc1cccc(C(N)CN2CCCCCCC2)c1. The molecule has 1 aromatic rings. The van der Waals surface area contributed by atoms with E-state index in [0.717, 1.165) is 6.54 Å². The second-order valence-corrected chi connectivity index (χ2v) is 5.59. The van der Waals surface area contributed by atoms with Crippen LogP contribution in [0.3, 0.4) is 0 Å². The van der Waals surface area contributed by atoms with Gasteiger partial charge in [-0.3, -0.25) is 0 Å². The molecule has 0 spiro atoms. The molecule has 1 atom stereocenters. The molecule has 1 fully saturated rings. The number of likely N-dealkylation sites (tertiary alicyclic amines) is 1. The molecule has 0 amide bonds. The molecule has 1 saturated heterocycles. The third kappa shape index (κ3) is 4.11. The molecule has 0 bridgehead atoms. The summed E-state index contributed by atoms with van der Waals surface area (Å²) < 4.78 is 0. The standard InChI is InChI=1S/C16H26N2/c1-14-8-7-9-15(12-14)16(17)13-18-10-5-3-2-4-6-11-18/h7-9,12,16H,2-6,10-11,13,17H2,1H3. The quantitative estimate of drug-likeness (QED) is 0.887. The number of aryl methyl sites for hydroxylation is 1. The molecule has 2 rings (SSSR count). The highest BCUT2D eigenvalue weighted by Crippen LogP contribution is 2.16. The lowest BCUT2D eigenvalue weighted by atomic mass is 10.0. The van der Waals surface area contributed by atoms with Crippen LogP contribution in [0.2, 0.25) is 0 Å². The van der Waals surface area contributed by atoms with E-state index in [2.05, 4.69) is 36.1 Å². The van der Waals surface area contributed by atoms with Crippen LogP contribution in [-0.2, 0) is 0 Å². The van der Waals surface area contributed by atoms with Gasteiger partial charge in [0, 0.05) is 12.6 Å². The molecular formula is C16H26N2. The van der Waals surface area contributed by atoms with Crippen LogP contribution >= 0.6 is 0 Å². The number of rotatable bonds is 3. The summed E-state index contributed by atoms with van der Waals surface area (Å²) in [5, 5.41) is 0. The van der Waals surface area contributed by atoms with E-state index in [-0.39, 0.29) is 6.04 Å². The third-order valence-corrected chi connectivity index (χ3v) is 3.87. The van der Waals surface area contributed by atoms with Crippen LogP contribution in [0.4, 0.5) is 0 Å². The highest BCUT2D eigenvalue weighted by atomic mass is 15.1. The van der Waals surface area contributed by atoms with Gasteiger partial charge in [0.15, 0.2) is 0 Å². The Morgan fingerprint density at radius 2 is 1.78 bits per heavy atom. The molecular weight excluding hydrogens is 220 g/mol. The highest BCUT2D eigenvalue weighted by molar-refractivity contribution is 5.25. The van der Waals surface area contributed by atoms with Crippen molar-refractivity contribution in [2.45, 2.75) is 45.1 Å². The molecule has 1 aliphatic rings. The largest absolute Gasteiger partial charge is 0.323 e. The van der Waals surface area contributed by atoms with Gasteiger partial charge in [-0.15, -0.1) is 0 Å². The van der Waals surface area contributed by atoms with Crippen molar-refractivity contribution in [2.24, 2.45) is 5.73 Å². The van der Waals surface area contributed by atoms with Crippen molar-refractivity contribution in [3.8, 4) is 0 Å². The average Bonchev–Trinajstić information content (AvgIpc) is 2.32. The number of nitrogens with zero attached hydrogens (tertiary/aromatic N) is 1. The summed E-state index contributed by atoms with van der Waals surface area (Å²) in [6.07, 6.45) is 6.85. The fraction of sp³-hybridized carbons (Fsp3) is 0.625. The first kappa shape index (κ1) is 13.6. The molecule has 2 nitrogen and oxygen atoms in total. The van der Waals surface area contributed by atoms with E-state index in [0.29, 0.717) is 0 Å². The van der Waals surface area contributed by atoms with Gasteiger partial charge >= 0.3 is 0 Å². The van der Waals surface area contributed by atoms with E-state index in [1.54, 1.807) is 0 Å². The minimum Gasteiger partial charge on any atom is -0.323 e. The molecule has 1 aliphatic heterocycles. The van der Waals surface area contributed by atoms with Gasteiger partial charge in [-0.2, -0.15) is 0 Å². The van der Waals surface area contributed by atoms with E-state index in [9.17, 15) is 0 Å². The lowest BCUT2D eigenvalue weighted by Crippen LogP contribution is -2.34. The average molecular weight is 246 g/mol. The van der Waals surface area contributed by atoms with Gasteiger partial charge in [-0.1, -0.05) is 49.1 Å². The fourth-order valence-electron chi connectivity index (χ4n) is 2.78. The van der Waals surface area contributed by atoms with Gasteiger partial charge in [0.25, 0.3) is 0 Å². The van der Waals surface area contributed by atoms with Gasteiger partial charge in [0.2, 0.25) is 0 Å². The zero-order valence-electron chi connectivity index (χ0n) is 11.6. The fourth-order valence-corrected chi connectivity index (χ4v) is 2.78. The Kier molecular flexibility index (Phi) is 5.21. The zero-order chi connectivity index (χ0) is 12.8. The van der Waals surface area contributed by atoms with Crippen LogP contribution in [0.5, 0.6) is 0 Å². The summed E-state index contributed by atoms with van der Waals surface area (Å²) in [6.45, 7) is 5.58. The van der Waals surface area contributed by atoms with Gasteiger partial charge < -0.3 is 10.6 Å². The normalized spacial score (nSPS) is 20.1. The Hall–Kier alpha value is -0.860. The van der Waals surface area contributed by atoms with Gasteiger partial charge in [-0.25, -0.2) is 0 Å². The zero-order valence-corrected chi connectivity index (χ0v) is 11.6. The predicted molar refractivity (Wildman–Crippen MR) is 77.6 cm³/mol. The predicted octanol–water partition coefficient (Wildman–Crippen LogP) is 3.26. The molecule has 18 heavy (non-hydrogen) atoms. The van der Waals surface area contributed by atoms with E-state index in [4.69, 9.17) is 5.73 Å². The monoisotopic (exact) mass is 246 g/mol. The van der Waals surface area contributed by atoms with Crippen molar-refractivity contribution in [3.05, 3.63) is 35.4 Å². The first-order valence-corrected chi connectivity index (χ1v) is 7.30. The van der Waals surface area contributed by atoms with E-state index in [1.807, 2.05) is 0 Å². The molecule has 100 valence electrons. The number of nitrogens with two attached hydrogens (primary N) is 1. The van der Waals surface area contributed by atoms with Crippen molar-refractivity contribution in [1.29, 1.82) is 0 Å². The molecule has 0 saturated carbocycles. The second kappa shape index (κ2) is 6.91. The molecule has 1 unspecified atom stereocenters. The number of benzene rings is 1. The summed E-state index contributed by atoms with van der Waals surface area (Å²) in [6, 6.07) is 8.77. The van der Waals surface area contributed by atoms with Crippen LogP contribution in [0.25, 0.3) is 0 Å². The van der Waals surface area contributed by atoms with Crippen LogP contribution in [0, 0.1) is 6.92 Å². The van der Waals surface area contributed by atoms with Gasteiger partial charge in [0.1, 0.15) is 0 Å². The maximum Gasteiger partial charge on any atom is 0.0424 e. The van der Waals surface area contributed by atoms with Crippen molar-refractivity contribution < 1.29 is 0 Å². The first-order valence-electron chi connectivity index (χ1n) is 7.30. The third-order valence-electron chi connectivity index (χ3n) is 3.87. The molecule has 2 heteroatoms. The summed E-state index contributed by atoms with van der Waals surface area (Å²) in [4.78, 5) is 2.55. The number of hydrogen-bond acceptors (Lipinski definition) is 2.